The van der Waals surface area contributed by atoms with E-state index < -0.39 is 4.92 Å². The molecule has 2 aromatic carbocycles. The predicted molar refractivity (Wildman–Crippen MR) is 82.2 cm³/mol. The third-order valence-corrected chi connectivity index (χ3v) is 2.57. The SMILES string of the molecule is Nc1ccc(Cl)cc1N.Nc1ccc([N+](=O)[O-])cc1N. The molecule has 20 heavy (non-hydrogen) atoms. The Labute approximate surface area is 120 Å². The van der Waals surface area contributed by atoms with Crippen LogP contribution in [0.5, 0.6) is 0 Å². The Morgan fingerprint density at radius 2 is 1.35 bits per heavy atom. The van der Waals surface area contributed by atoms with E-state index in [0.717, 1.165) is 0 Å². The average Bonchev–Trinajstić information content (AvgIpc) is 2.38. The highest BCUT2D eigenvalue weighted by molar-refractivity contribution is 6.31. The van der Waals surface area contributed by atoms with Gasteiger partial charge in [0.1, 0.15) is 0 Å². The maximum Gasteiger partial charge on any atom is 0.271 e. The van der Waals surface area contributed by atoms with Crippen molar-refractivity contribution in [1.29, 1.82) is 0 Å². The molecular weight excluding hydrogens is 282 g/mol. The van der Waals surface area contributed by atoms with Crippen molar-refractivity contribution in [2.75, 3.05) is 22.9 Å². The summed E-state index contributed by atoms with van der Waals surface area (Å²) in [5, 5.41) is 10.8. The third-order valence-electron chi connectivity index (χ3n) is 2.33. The smallest absolute Gasteiger partial charge is 0.271 e. The van der Waals surface area contributed by atoms with Crippen molar-refractivity contribution < 1.29 is 4.92 Å². The summed E-state index contributed by atoms with van der Waals surface area (Å²) in [5.41, 5.74) is 23.1. The van der Waals surface area contributed by atoms with Gasteiger partial charge in [-0.05, 0) is 24.3 Å². The topological polar surface area (TPSA) is 147 Å². The van der Waals surface area contributed by atoms with Crippen LogP contribution in [0.25, 0.3) is 0 Å². The van der Waals surface area contributed by atoms with Gasteiger partial charge in [0.2, 0.25) is 0 Å². The first-order valence-electron chi connectivity index (χ1n) is 5.41. The van der Waals surface area contributed by atoms with Crippen molar-refractivity contribution in [2.45, 2.75) is 0 Å². The first-order valence-corrected chi connectivity index (χ1v) is 5.79. The molecule has 0 aromatic heterocycles. The van der Waals surface area contributed by atoms with E-state index in [1.807, 2.05) is 0 Å². The summed E-state index contributed by atoms with van der Waals surface area (Å²) in [6.07, 6.45) is 0. The van der Waals surface area contributed by atoms with Crippen molar-refractivity contribution in [3.8, 4) is 0 Å². The zero-order valence-corrected chi connectivity index (χ0v) is 11.2. The summed E-state index contributed by atoms with van der Waals surface area (Å²) in [4.78, 5) is 9.66. The highest BCUT2D eigenvalue weighted by Crippen LogP contribution is 2.20. The van der Waals surface area contributed by atoms with E-state index in [0.29, 0.717) is 22.1 Å². The second kappa shape index (κ2) is 6.48. The first kappa shape index (κ1) is 15.4. The minimum Gasteiger partial charge on any atom is -0.397 e. The lowest BCUT2D eigenvalue weighted by Crippen LogP contribution is -1.96. The van der Waals surface area contributed by atoms with Gasteiger partial charge in [0, 0.05) is 17.2 Å². The van der Waals surface area contributed by atoms with E-state index in [-0.39, 0.29) is 11.4 Å². The molecule has 0 spiro atoms. The molecule has 0 aliphatic heterocycles. The van der Waals surface area contributed by atoms with Gasteiger partial charge in [-0.25, -0.2) is 0 Å². The Kier molecular flexibility index (Phi) is 4.99. The summed E-state index contributed by atoms with van der Waals surface area (Å²) in [7, 11) is 0. The van der Waals surface area contributed by atoms with Gasteiger partial charge in [-0.3, -0.25) is 10.1 Å². The summed E-state index contributed by atoms with van der Waals surface area (Å²) < 4.78 is 0. The molecule has 0 aliphatic rings. The van der Waals surface area contributed by atoms with Crippen LogP contribution in [-0.4, -0.2) is 4.92 Å². The van der Waals surface area contributed by atoms with Crippen LogP contribution in [-0.2, 0) is 0 Å². The Morgan fingerprint density at radius 3 is 1.75 bits per heavy atom. The Balaban J connectivity index is 0.000000204. The molecule has 0 saturated carbocycles. The predicted octanol–water partition coefficient (Wildman–Crippen LogP) is 2.26. The minimum atomic E-state index is -0.518. The van der Waals surface area contributed by atoms with Crippen LogP contribution in [0.3, 0.4) is 0 Å². The van der Waals surface area contributed by atoms with Gasteiger partial charge in [0.25, 0.3) is 5.69 Å². The van der Waals surface area contributed by atoms with Gasteiger partial charge >= 0.3 is 0 Å². The molecule has 106 valence electrons. The fraction of sp³-hybridized carbons (Fsp3) is 0. The summed E-state index contributed by atoms with van der Waals surface area (Å²) in [5.74, 6) is 0. The fourth-order valence-corrected chi connectivity index (χ4v) is 1.40. The van der Waals surface area contributed by atoms with E-state index in [2.05, 4.69) is 0 Å². The normalized spacial score (nSPS) is 9.45. The molecule has 0 atom stereocenters. The number of halogens is 1. The molecule has 0 aliphatic carbocycles. The fourth-order valence-electron chi connectivity index (χ4n) is 1.22. The summed E-state index contributed by atoms with van der Waals surface area (Å²) in [6, 6.07) is 8.95. The number of nitrogens with two attached hydrogens (primary N) is 4. The number of rotatable bonds is 1. The number of hydrogen-bond donors (Lipinski definition) is 4. The highest BCUT2D eigenvalue weighted by Gasteiger charge is 2.05. The molecule has 7 nitrogen and oxygen atoms in total. The van der Waals surface area contributed by atoms with Gasteiger partial charge in [0.15, 0.2) is 0 Å². The van der Waals surface area contributed by atoms with E-state index in [4.69, 9.17) is 34.5 Å². The van der Waals surface area contributed by atoms with E-state index in [9.17, 15) is 10.1 Å². The molecular formula is C12H14ClN5O2. The van der Waals surface area contributed by atoms with E-state index >= 15 is 0 Å². The first-order chi connectivity index (χ1) is 9.31. The molecule has 0 radical (unpaired) electrons. The zero-order valence-electron chi connectivity index (χ0n) is 10.4. The molecule has 2 rings (SSSR count). The molecule has 0 bridgehead atoms. The van der Waals surface area contributed by atoms with Crippen LogP contribution in [0.1, 0.15) is 0 Å². The van der Waals surface area contributed by atoms with Crippen LogP contribution in [0.4, 0.5) is 28.4 Å². The number of nitro benzene ring substituents is 1. The Hall–Kier alpha value is -2.67. The number of nitrogen functional groups attached to an aromatic ring is 4. The molecule has 0 heterocycles. The lowest BCUT2D eigenvalue weighted by Gasteiger charge is -1.97. The monoisotopic (exact) mass is 295 g/mol. The van der Waals surface area contributed by atoms with Crippen molar-refractivity contribution in [3.63, 3.8) is 0 Å². The van der Waals surface area contributed by atoms with Crippen LogP contribution in [0, 0.1) is 10.1 Å². The van der Waals surface area contributed by atoms with Crippen LogP contribution in [0.2, 0.25) is 5.02 Å². The van der Waals surface area contributed by atoms with Gasteiger partial charge in [-0.1, -0.05) is 11.6 Å². The molecule has 8 heteroatoms. The lowest BCUT2D eigenvalue weighted by molar-refractivity contribution is -0.384. The van der Waals surface area contributed by atoms with Crippen molar-refractivity contribution >= 4 is 40.0 Å². The third kappa shape index (κ3) is 4.21. The molecule has 2 aromatic rings. The number of hydrogen-bond acceptors (Lipinski definition) is 6. The number of non-ortho nitro benzene ring substituents is 1. The van der Waals surface area contributed by atoms with E-state index in [1.54, 1.807) is 18.2 Å². The highest BCUT2D eigenvalue weighted by atomic mass is 35.5. The molecule has 0 saturated heterocycles. The summed E-state index contributed by atoms with van der Waals surface area (Å²) >= 11 is 5.58. The molecule has 0 fully saturated rings. The van der Waals surface area contributed by atoms with Gasteiger partial charge in [-0.15, -0.1) is 0 Å². The van der Waals surface area contributed by atoms with Gasteiger partial charge in [-0.2, -0.15) is 0 Å². The second-order valence-electron chi connectivity index (χ2n) is 3.84. The van der Waals surface area contributed by atoms with Crippen molar-refractivity contribution in [2.24, 2.45) is 0 Å². The van der Waals surface area contributed by atoms with Gasteiger partial charge in [0.05, 0.1) is 27.7 Å². The Bertz CT molecular complexity index is 633. The van der Waals surface area contributed by atoms with Crippen LogP contribution in [0.15, 0.2) is 36.4 Å². The maximum atomic E-state index is 10.2. The lowest BCUT2D eigenvalue weighted by atomic mass is 10.2. The van der Waals surface area contributed by atoms with Crippen molar-refractivity contribution in [1.82, 2.24) is 0 Å². The van der Waals surface area contributed by atoms with E-state index in [1.165, 1.54) is 18.2 Å². The quantitative estimate of drug-likeness (QED) is 0.360. The van der Waals surface area contributed by atoms with Gasteiger partial charge < -0.3 is 22.9 Å². The largest absolute Gasteiger partial charge is 0.397 e. The maximum absolute atomic E-state index is 10.2. The number of nitro groups is 1. The number of benzene rings is 2. The number of anilines is 4. The molecule has 8 N–H and O–H groups in total. The zero-order chi connectivity index (χ0) is 15.3. The van der Waals surface area contributed by atoms with Crippen LogP contribution >= 0.6 is 11.6 Å². The van der Waals surface area contributed by atoms with Crippen LogP contribution < -0.4 is 22.9 Å². The average molecular weight is 296 g/mol. The standard InChI is InChI=1S/C6H7ClN2.C6H7N3O2/c7-4-1-2-5(8)6(9)3-4;7-5-2-1-4(9(10)11)3-6(5)8/h1-3H,8-9H2;1-3H,7-8H2. The number of nitrogens with zero attached hydrogens (tertiary/aromatic N) is 1. The van der Waals surface area contributed by atoms with Crippen molar-refractivity contribution in [3.05, 3.63) is 51.5 Å². The minimum absolute atomic E-state index is 0.0447. The molecule has 0 amide bonds. The Morgan fingerprint density at radius 1 is 0.850 bits per heavy atom. The molecule has 0 unspecified atom stereocenters. The summed E-state index contributed by atoms with van der Waals surface area (Å²) in [6.45, 7) is 0. The second-order valence-corrected chi connectivity index (χ2v) is 4.28.